The molecule has 0 bridgehead atoms. The minimum absolute atomic E-state index is 0.129. The van der Waals surface area contributed by atoms with E-state index in [4.69, 9.17) is 4.74 Å². The van der Waals surface area contributed by atoms with Crippen molar-refractivity contribution >= 4 is 39.8 Å². The second-order valence-corrected chi connectivity index (χ2v) is 7.66. The molecule has 0 unspecified atom stereocenters. The van der Waals surface area contributed by atoms with Crippen LogP contribution in [0.2, 0.25) is 0 Å². The normalized spacial score (nSPS) is 15.0. The van der Waals surface area contributed by atoms with Crippen molar-refractivity contribution in [1.82, 2.24) is 15.1 Å². The molecule has 4 rings (SSSR count). The molecule has 2 aromatic carbocycles. The van der Waals surface area contributed by atoms with Crippen LogP contribution in [-0.2, 0) is 17.8 Å². The maximum Gasteiger partial charge on any atom is 0.290 e. The summed E-state index contributed by atoms with van der Waals surface area (Å²) in [5.41, 5.74) is 1.54. The Kier molecular flexibility index (Phi) is 5.67. The highest BCUT2D eigenvalue weighted by Crippen LogP contribution is 2.26. The van der Waals surface area contributed by atoms with Gasteiger partial charge in [0.25, 0.3) is 16.7 Å². The molecule has 0 aliphatic carbocycles. The van der Waals surface area contributed by atoms with Gasteiger partial charge >= 0.3 is 0 Å². The van der Waals surface area contributed by atoms with Gasteiger partial charge in [-0.3, -0.25) is 19.7 Å². The molecule has 1 N–H and O–H groups in total. The zero-order valence-corrected chi connectivity index (χ0v) is 17.1. The van der Waals surface area contributed by atoms with E-state index < -0.39 is 0 Å². The number of nitrogens with one attached hydrogen (secondary N) is 1. The van der Waals surface area contributed by atoms with Crippen LogP contribution in [0, 0.1) is 0 Å². The first-order chi connectivity index (χ1) is 14.5. The van der Waals surface area contributed by atoms with E-state index in [1.807, 2.05) is 31.2 Å². The van der Waals surface area contributed by atoms with Gasteiger partial charge in [0.15, 0.2) is 0 Å². The van der Waals surface area contributed by atoms with Crippen LogP contribution in [-0.4, -0.2) is 27.5 Å². The third-order valence-electron chi connectivity index (χ3n) is 4.67. The molecule has 0 radical (unpaired) electrons. The summed E-state index contributed by atoms with van der Waals surface area (Å²) in [4.78, 5) is 35.9. The SMILES string of the molecule is CCc1nn(CCOc2ccc(/C=C3\SC(=O)NC3=O)cc2)c(=O)c2ccccc12. The van der Waals surface area contributed by atoms with Gasteiger partial charge in [0.1, 0.15) is 12.4 Å². The van der Waals surface area contributed by atoms with E-state index in [9.17, 15) is 14.4 Å². The van der Waals surface area contributed by atoms with Gasteiger partial charge in [0.2, 0.25) is 0 Å². The smallest absolute Gasteiger partial charge is 0.290 e. The summed E-state index contributed by atoms with van der Waals surface area (Å²) in [7, 11) is 0. The molecule has 152 valence electrons. The lowest BCUT2D eigenvalue weighted by atomic mass is 10.1. The zero-order valence-electron chi connectivity index (χ0n) is 16.3. The number of amides is 2. The maximum atomic E-state index is 12.7. The molecular weight excluding hydrogens is 402 g/mol. The molecule has 0 atom stereocenters. The number of rotatable bonds is 6. The van der Waals surface area contributed by atoms with E-state index in [1.165, 1.54) is 4.68 Å². The number of imide groups is 1. The number of aromatic nitrogens is 2. The number of thioether (sulfide) groups is 1. The molecule has 0 spiro atoms. The minimum atomic E-state index is -0.384. The molecule has 1 aliphatic heterocycles. The summed E-state index contributed by atoms with van der Waals surface area (Å²) in [6, 6.07) is 14.7. The molecule has 8 heteroatoms. The molecule has 0 saturated carbocycles. The first-order valence-corrected chi connectivity index (χ1v) is 10.3. The van der Waals surface area contributed by atoms with E-state index in [-0.39, 0.29) is 16.7 Å². The molecule has 7 nitrogen and oxygen atoms in total. The largest absolute Gasteiger partial charge is 0.492 e. The molecular formula is C22H19N3O4S. The van der Waals surface area contributed by atoms with Crippen LogP contribution < -0.4 is 15.6 Å². The maximum absolute atomic E-state index is 12.7. The number of benzene rings is 2. The van der Waals surface area contributed by atoms with Gasteiger partial charge < -0.3 is 4.74 Å². The lowest BCUT2D eigenvalue weighted by Gasteiger charge is -2.11. The number of fused-ring (bicyclic) bond motifs is 1. The van der Waals surface area contributed by atoms with Crippen LogP contribution in [0.25, 0.3) is 16.8 Å². The second-order valence-electron chi connectivity index (χ2n) is 6.64. The average Bonchev–Trinajstić information content (AvgIpc) is 3.07. The van der Waals surface area contributed by atoms with Gasteiger partial charge in [-0.05, 0) is 48.0 Å². The van der Waals surface area contributed by atoms with Crippen LogP contribution in [0.5, 0.6) is 5.75 Å². The Labute approximate surface area is 176 Å². The molecule has 2 amide bonds. The van der Waals surface area contributed by atoms with E-state index in [1.54, 1.807) is 30.3 Å². The highest BCUT2D eigenvalue weighted by Gasteiger charge is 2.24. The van der Waals surface area contributed by atoms with Crippen molar-refractivity contribution in [3.63, 3.8) is 0 Å². The van der Waals surface area contributed by atoms with Crippen LogP contribution in [0.15, 0.2) is 58.2 Å². The highest BCUT2D eigenvalue weighted by atomic mass is 32.2. The zero-order chi connectivity index (χ0) is 21.1. The van der Waals surface area contributed by atoms with Gasteiger partial charge in [0, 0.05) is 5.39 Å². The Hall–Kier alpha value is -3.39. The predicted octanol–water partition coefficient (Wildman–Crippen LogP) is 3.36. The van der Waals surface area contributed by atoms with Crippen molar-refractivity contribution in [3.05, 3.63) is 75.0 Å². The predicted molar refractivity (Wildman–Crippen MR) is 116 cm³/mol. The quantitative estimate of drug-likeness (QED) is 0.614. The Morgan fingerprint density at radius 1 is 1.07 bits per heavy atom. The fourth-order valence-electron chi connectivity index (χ4n) is 3.20. The Morgan fingerprint density at radius 3 is 2.47 bits per heavy atom. The monoisotopic (exact) mass is 421 g/mol. The third-order valence-corrected chi connectivity index (χ3v) is 5.48. The summed E-state index contributed by atoms with van der Waals surface area (Å²) in [6.45, 7) is 2.64. The Morgan fingerprint density at radius 2 is 1.80 bits per heavy atom. The summed E-state index contributed by atoms with van der Waals surface area (Å²) in [5.74, 6) is 0.256. The standard InChI is InChI=1S/C22H19N3O4S/c1-2-18-16-5-3-4-6-17(16)21(27)25(24-18)11-12-29-15-9-7-14(8-10-15)13-19-20(26)23-22(28)30-19/h3-10,13H,2,11-12H2,1H3,(H,23,26,28)/b19-13-. The fraction of sp³-hybridized carbons (Fsp3) is 0.182. The van der Waals surface area contributed by atoms with Crippen LogP contribution >= 0.6 is 11.8 Å². The number of aryl methyl sites for hydroxylation is 1. The van der Waals surface area contributed by atoms with Crippen molar-refractivity contribution in [2.24, 2.45) is 0 Å². The molecule has 2 heterocycles. The topological polar surface area (TPSA) is 90.3 Å². The molecule has 1 saturated heterocycles. The number of hydrogen-bond donors (Lipinski definition) is 1. The first kappa shape index (κ1) is 19.9. The van der Waals surface area contributed by atoms with Crippen LogP contribution in [0.4, 0.5) is 4.79 Å². The van der Waals surface area contributed by atoms with Crippen molar-refractivity contribution in [2.45, 2.75) is 19.9 Å². The van der Waals surface area contributed by atoms with Gasteiger partial charge in [0.05, 0.1) is 22.5 Å². The number of ether oxygens (including phenoxy) is 1. The molecule has 3 aromatic rings. The lowest BCUT2D eigenvalue weighted by Crippen LogP contribution is -2.27. The van der Waals surface area contributed by atoms with Gasteiger partial charge in [-0.25, -0.2) is 4.68 Å². The number of carbonyl (C=O) groups is 2. The average molecular weight is 421 g/mol. The number of carbonyl (C=O) groups excluding carboxylic acids is 2. The number of hydrogen-bond acceptors (Lipinski definition) is 6. The van der Waals surface area contributed by atoms with E-state index in [0.29, 0.717) is 29.2 Å². The summed E-state index contributed by atoms with van der Waals surface area (Å²) >= 11 is 0.880. The van der Waals surface area contributed by atoms with Crippen molar-refractivity contribution in [3.8, 4) is 5.75 Å². The van der Waals surface area contributed by atoms with E-state index in [0.717, 1.165) is 34.8 Å². The highest BCUT2D eigenvalue weighted by molar-refractivity contribution is 8.18. The van der Waals surface area contributed by atoms with Gasteiger partial charge in [-0.2, -0.15) is 5.10 Å². The Balaban J connectivity index is 1.43. The van der Waals surface area contributed by atoms with Crippen LogP contribution in [0.3, 0.4) is 0 Å². The van der Waals surface area contributed by atoms with Crippen molar-refractivity contribution < 1.29 is 14.3 Å². The van der Waals surface area contributed by atoms with Crippen molar-refractivity contribution in [1.29, 1.82) is 0 Å². The van der Waals surface area contributed by atoms with E-state index in [2.05, 4.69) is 10.4 Å². The molecule has 1 aliphatic rings. The third kappa shape index (κ3) is 4.13. The molecule has 1 fully saturated rings. The summed E-state index contributed by atoms with van der Waals surface area (Å²) < 4.78 is 7.21. The first-order valence-electron chi connectivity index (χ1n) is 9.51. The second kappa shape index (κ2) is 8.54. The molecule has 1 aromatic heterocycles. The summed E-state index contributed by atoms with van der Waals surface area (Å²) in [5, 5.41) is 7.89. The number of nitrogens with zero attached hydrogens (tertiary/aromatic N) is 2. The van der Waals surface area contributed by atoms with E-state index >= 15 is 0 Å². The van der Waals surface area contributed by atoms with Gasteiger partial charge in [-0.1, -0.05) is 37.3 Å². The minimum Gasteiger partial charge on any atom is -0.492 e. The van der Waals surface area contributed by atoms with Crippen LogP contribution in [0.1, 0.15) is 18.2 Å². The summed E-state index contributed by atoms with van der Waals surface area (Å²) in [6.07, 6.45) is 2.39. The lowest BCUT2D eigenvalue weighted by molar-refractivity contribution is -0.115. The Bertz CT molecular complexity index is 1220. The fourth-order valence-corrected chi connectivity index (χ4v) is 3.88. The van der Waals surface area contributed by atoms with Gasteiger partial charge in [-0.15, -0.1) is 0 Å². The van der Waals surface area contributed by atoms with Crippen molar-refractivity contribution in [2.75, 3.05) is 6.61 Å². The molecule has 30 heavy (non-hydrogen) atoms.